The summed E-state index contributed by atoms with van der Waals surface area (Å²) >= 11 is 6.18. The topological polar surface area (TPSA) is 106 Å². The molecule has 152 valence electrons. The maximum atomic E-state index is 12.8. The monoisotopic (exact) mass is 418 g/mol. The minimum Gasteiger partial charge on any atom is -0.493 e. The first-order valence-electron chi connectivity index (χ1n) is 9.23. The summed E-state index contributed by atoms with van der Waals surface area (Å²) in [5.41, 5.74) is 0.478. The molecule has 8 nitrogen and oxygen atoms in total. The van der Waals surface area contributed by atoms with Crippen LogP contribution in [-0.2, 0) is 14.4 Å². The lowest BCUT2D eigenvalue weighted by Gasteiger charge is -2.37. The van der Waals surface area contributed by atoms with Gasteiger partial charge in [-0.3, -0.25) is 9.59 Å². The van der Waals surface area contributed by atoms with Crippen molar-refractivity contribution in [2.45, 2.75) is 12.8 Å². The van der Waals surface area contributed by atoms with Gasteiger partial charge in [0.2, 0.25) is 0 Å². The van der Waals surface area contributed by atoms with E-state index in [1.165, 1.54) is 25.5 Å². The second-order valence-corrected chi connectivity index (χ2v) is 7.70. The first-order valence-corrected chi connectivity index (χ1v) is 9.60. The van der Waals surface area contributed by atoms with Gasteiger partial charge in [0.1, 0.15) is 0 Å². The number of carboxylic acids is 1. The molecule has 2 amide bonds. The number of aliphatic carboxylic acids is 1. The first kappa shape index (κ1) is 19.4. The Balaban J connectivity index is 1.56. The second kappa shape index (κ2) is 7.51. The van der Waals surface area contributed by atoms with Gasteiger partial charge in [-0.05, 0) is 42.4 Å². The molecule has 1 N–H and O–H groups in total. The van der Waals surface area contributed by atoms with Crippen molar-refractivity contribution in [1.82, 2.24) is 5.01 Å². The van der Waals surface area contributed by atoms with E-state index in [4.69, 9.17) is 26.2 Å². The SMILES string of the molecule is COc1cc(/C=N\N2C(=O)[C@@H]3[C@H](C2=O)[C@@H]2C=C[C@@H]3CC2)cc(Cl)c1OCC(=O)O. The highest BCUT2D eigenvalue weighted by atomic mass is 35.5. The highest BCUT2D eigenvalue weighted by molar-refractivity contribution is 6.32. The van der Waals surface area contributed by atoms with E-state index >= 15 is 0 Å². The number of methoxy groups -OCH3 is 1. The zero-order valence-corrected chi connectivity index (χ0v) is 16.3. The van der Waals surface area contributed by atoms with E-state index in [-0.39, 0.29) is 52.0 Å². The number of nitrogens with zero attached hydrogens (tertiary/aromatic N) is 2. The zero-order chi connectivity index (χ0) is 20.7. The lowest BCUT2D eigenvalue weighted by molar-refractivity contribution is -0.141. The van der Waals surface area contributed by atoms with E-state index < -0.39 is 12.6 Å². The Labute approximate surface area is 171 Å². The van der Waals surface area contributed by atoms with Crippen LogP contribution >= 0.6 is 11.6 Å². The standard InChI is InChI=1S/C20H19ClN2O6/c1-28-14-7-10(6-13(21)18(14)29-9-15(24)25)8-22-23-19(26)16-11-2-3-12(5-4-11)17(16)20(23)27/h2-3,6-8,11-12,16-17H,4-5,9H2,1H3,(H,24,25)/b22-8-/t11-,12-,16-,17+/m1/s1. The van der Waals surface area contributed by atoms with E-state index in [9.17, 15) is 14.4 Å². The van der Waals surface area contributed by atoms with E-state index in [0.717, 1.165) is 17.9 Å². The smallest absolute Gasteiger partial charge is 0.341 e. The molecule has 1 aliphatic heterocycles. The summed E-state index contributed by atoms with van der Waals surface area (Å²) in [5, 5.41) is 14.0. The van der Waals surface area contributed by atoms with Crippen LogP contribution in [0.25, 0.3) is 0 Å². The molecule has 0 radical (unpaired) electrons. The van der Waals surface area contributed by atoms with Gasteiger partial charge in [0.25, 0.3) is 11.8 Å². The van der Waals surface area contributed by atoms with E-state index in [1.54, 1.807) is 0 Å². The number of rotatable bonds is 6. The highest BCUT2D eigenvalue weighted by Gasteiger charge is 2.56. The largest absolute Gasteiger partial charge is 0.493 e. The van der Waals surface area contributed by atoms with Crippen molar-refractivity contribution >= 4 is 35.6 Å². The highest BCUT2D eigenvalue weighted by Crippen LogP contribution is 2.49. The molecule has 29 heavy (non-hydrogen) atoms. The summed E-state index contributed by atoms with van der Waals surface area (Å²) in [6.07, 6.45) is 7.30. The number of hydrazone groups is 1. The Kier molecular flexibility index (Phi) is 5.04. The summed E-state index contributed by atoms with van der Waals surface area (Å²) in [4.78, 5) is 36.3. The van der Waals surface area contributed by atoms with Crippen LogP contribution in [-0.4, -0.2) is 47.8 Å². The van der Waals surface area contributed by atoms with Gasteiger partial charge in [0.15, 0.2) is 18.1 Å². The minimum absolute atomic E-state index is 0.0933. The van der Waals surface area contributed by atoms with Gasteiger partial charge in [0, 0.05) is 0 Å². The molecule has 0 spiro atoms. The predicted molar refractivity (Wildman–Crippen MR) is 103 cm³/mol. The van der Waals surface area contributed by atoms with Crippen LogP contribution in [0.2, 0.25) is 5.02 Å². The number of amides is 2. The van der Waals surface area contributed by atoms with E-state index in [1.807, 2.05) is 12.2 Å². The molecule has 9 heteroatoms. The fourth-order valence-corrected chi connectivity index (χ4v) is 4.66. The Morgan fingerprint density at radius 1 is 1.24 bits per heavy atom. The lowest BCUT2D eigenvalue weighted by Crippen LogP contribution is -2.38. The molecule has 1 aromatic carbocycles. The van der Waals surface area contributed by atoms with Gasteiger partial charge < -0.3 is 14.6 Å². The van der Waals surface area contributed by atoms with Gasteiger partial charge in [-0.1, -0.05) is 23.8 Å². The van der Waals surface area contributed by atoms with Crippen LogP contribution in [0.3, 0.4) is 0 Å². The quantitative estimate of drug-likeness (QED) is 0.432. The summed E-state index contributed by atoms with van der Waals surface area (Å²) in [7, 11) is 1.39. The number of hydrogen-bond donors (Lipinski definition) is 1. The van der Waals surface area contributed by atoms with Crippen molar-refractivity contribution in [2.24, 2.45) is 28.8 Å². The Bertz CT molecular complexity index is 911. The molecule has 0 unspecified atom stereocenters. The number of fused-ring (bicyclic) bond motifs is 1. The van der Waals surface area contributed by atoms with Crippen LogP contribution in [0.15, 0.2) is 29.4 Å². The molecule has 4 aliphatic rings. The van der Waals surface area contributed by atoms with Crippen LogP contribution in [0, 0.1) is 23.7 Å². The van der Waals surface area contributed by atoms with Crippen molar-refractivity contribution in [2.75, 3.05) is 13.7 Å². The predicted octanol–water partition coefficient (Wildman–Crippen LogP) is 2.34. The molecule has 1 saturated heterocycles. The van der Waals surface area contributed by atoms with Crippen LogP contribution in [0.5, 0.6) is 11.5 Å². The fraction of sp³-hybridized carbons (Fsp3) is 0.400. The van der Waals surface area contributed by atoms with Crippen molar-refractivity contribution in [3.05, 3.63) is 34.9 Å². The fourth-order valence-electron chi connectivity index (χ4n) is 4.38. The number of halogens is 1. The normalized spacial score (nSPS) is 27.6. The average Bonchev–Trinajstić information content (AvgIpc) is 2.98. The van der Waals surface area contributed by atoms with Crippen molar-refractivity contribution < 1.29 is 29.0 Å². The molecule has 1 aromatic rings. The van der Waals surface area contributed by atoms with E-state index in [0.29, 0.717) is 5.56 Å². The minimum atomic E-state index is -1.15. The molecule has 2 bridgehead atoms. The zero-order valence-electron chi connectivity index (χ0n) is 15.6. The number of hydrogen-bond acceptors (Lipinski definition) is 6. The first-order chi connectivity index (χ1) is 13.9. The summed E-state index contributed by atoms with van der Waals surface area (Å²) in [6.45, 7) is -0.570. The summed E-state index contributed by atoms with van der Waals surface area (Å²) < 4.78 is 10.4. The van der Waals surface area contributed by atoms with Gasteiger partial charge in [-0.25, -0.2) is 4.79 Å². The molecular formula is C20H19ClN2O6. The number of carboxylic acid groups (broad SMARTS) is 1. The summed E-state index contributed by atoms with van der Waals surface area (Å²) in [5.74, 6) is -1.83. The third-order valence-corrected chi connectivity index (χ3v) is 5.93. The third kappa shape index (κ3) is 3.37. The average molecular weight is 419 g/mol. The maximum absolute atomic E-state index is 12.8. The number of imide groups is 1. The molecule has 5 rings (SSSR count). The molecule has 1 saturated carbocycles. The van der Waals surface area contributed by atoms with Crippen molar-refractivity contribution in [1.29, 1.82) is 0 Å². The number of benzene rings is 1. The Hall–Kier alpha value is -2.87. The van der Waals surface area contributed by atoms with Crippen LogP contribution in [0.1, 0.15) is 18.4 Å². The van der Waals surface area contributed by atoms with Gasteiger partial charge in [-0.2, -0.15) is 10.1 Å². The third-order valence-electron chi connectivity index (χ3n) is 5.65. The van der Waals surface area contributed by atoms with Gasteiger partial charge in [-0.15, -0.1) is 0 Å². The number of carbonyl (C=O) groups is 3. The molecule has 4 atom stereocenters. The Morgan fingerprint density at radius 2 is 1.86 bits per heavy atom. The molecular weight excluding hydrogens is 400 g/mol. The molecule has 2 fully saturated rings. The van der Waals surface area contributed by atoms with Crippen molar-refractivity contribution in [3.63, 3.8) is 0 Å². The van der Waals surface area contributed by atoms with Gasteiger partial charge in [0.05, 0.1) is 30.2 Å². The summed E-state index contributed by atoms with van der Waals surface area (Å²) in [6, 6.07) is 3.03. The van der Waals surface area contributed by atoms with Crippen LogP contribution < -0.4 is 9.47 Å². The number of carbonyl (C=O) groups excluding carboxylic acids is 2. The lowest BCUT2D eigenvalue weighted by atomic mass is 9.63. The maximum Gasteiger partial charge on any atom is 0.341 e. The number of allylic oxidation sites excluding steroid dienone is 2. The van der Waals surface area contributed by atoms with Crippen molar-refractivity contribution in [3.8, 4) is 11.5 Å². The van der Waals surface area contributed by atoms with Crippen LogP contribution in [0.4, 0.5) is 0 Å². The molecule has 0 aromatic heterocycles. The Morgan fingerprint density at radius 3 is 2.38 bits per heavy atom. The molecule has 3 aliphatic carbocycles. The number of ether oxygens (including phenoxy) is 2. The van der Waals surface area contributed by atoms with E-state index in [2.05, 4.69) is 5.10 Å². The van der Waals surface area contributed by atoms with Gasteiger partial charge >= 0.3 is 5.97 Å². The second-order valence-electron chi connectivity index (χ2n) is 7.29. The molecule has 1 heterocycles.